The molecule has 1 aromatic rings. The quantitative estimate of drug-likeness (QED) is 0.828. The number of carbonyl (C=O) groups is 2. The molecule has 1 N–H and O–H groups in total. The summed E-state index contributed by atoms with van der Waals surface area (Å²) in [5, 5.41) is 9.00. The van der Waals surface area contributed by atoms with Crippen molar-refractivity contribution in [1.82, 2.24) is 9.21 Å². The van der Waals surface area contributed by atoms with Crippen LogP contribution >= 0.6 is 11.6 Å². The summed E-state index contributed by atoms with van der Waals surface area (Å²) in [6, 6.07) is 3.53. The van der Waals surface area contributed by atoms with E-state index in [1.54, 1.807) is 20.8 Å². The van der Waals surface area contributed by atoms with E-state index in [1.165, 1.54) is 21.3 Å². The maximum Gasteiger partial charge on any atom is 0.410 e. The molecule has 0 unspecified atom stereocenters. The Morgan fingerprint density at radius 3 is 2.23 bits per heavy atom. The number of piperazine rings is 1. The number of hydrogen-bond acceptors (Lipinski definition) is 5. The molecule has 1 aliphatic heterocycles. The van der Waals surface area contributed by atoms with Crippen LogP contribution in [0.5, 0.6) is 0 Å². The molecule has 0 aliphatic carbocycles. The van der Waals surface area contributed by atoms with Gasteiger partial charge in [-0.25, -0.2) is 18.0 Å². The van der Waals surface area contributed by atoms with E-state index < -0.39 is 27.7 Å². The molecule has 1 aliphatic rings. The number of carboxylic acids is 1. The van der Waals surface area contributed by atoms with Crippen LogP contribution < -0.4 is 0 Å². The first-order valence-electron chi connectivity index (χ1n) is 7.93. The van der Waals surface area contributed by atoms with Gasteiger partial charge < -0.3 is 14.7 Å². The molecule has 0 radical (unpaired) electrons. The second kappa shape index (κ2) is 7.42. The summed E-state index contributed by atoms with van der Waals surface area (Å²) in [5.74, 6) is -1.24. The van der Waals surface area contributed by atoms with Crippen LogP contribution in [-0.2, 0) is 14.8 Å². The van der Waals surface area contributed by atoms with Crippen molar-refractivity contribution in [2.45, 2.75) is 31.3 Å². The van der Waals surface area contributed by atoms with Crippen molar-refractivity contribution < 1.29 is 27.9 Å². The summed E-state index contributed by atoms with van der Waals surface area (Å²) in [6.07, 6.45) is -0.500. The van der Waals surface area contributed by atoms with Crippen molar-refractivity contribution in [2.75, 3.05) is 26.2 Å². The number of rotatable bonds is 3. The molecule has 0 spiro atoms. The van der Waals surface area contributed by atoms with Gasteiger partial charge in [-0.2, -0.15) is 4.31 Å². The van der Waals surface area contributed by atoms with E-state index >= 15 is 0 Å². The predicted octanol–water partition coefficient (Wildman–Crippen LogP) is 2.28. The van der Waals surface area contributed by atoms with E-state index in [-0.39, 0.29) is 41.7 Å². The Labute approximate surface area is 157 Å². The van der Waals surface area contributed by atoms with Gasteiger partial charge in [-0.1, -0.05) is 11.6 Å². The molecule has 0 aromatic heterocycles. The lowest BCUT2D eigenvalue weighted by atomic mass is 10.2. The van der Waals surface area contributed by atoms with Crippen LogP contribution in [0.4, 0.5) is 4.79 Å². The van der Waals surface area contributed by atoms with Gasteiger partial charge in [0.2, 0.25) is 10.0 Å². The lowest BCUT2D eigenvalue weighted by Crippen LogP contribution is -2.51. The monoisotopic (exact) mass is 404 g/mol. The predicted molar refractivity (Wildman–Crippen MR) is 95.0 cm³/mol. The zero-order valence-electron chi connectivity index (χ0n) is 14.7. The first kappa shape index (κ1) is 20.5. The number of hydrogen-bond donors (Lipinski definition) is 1. The van der Waals surface area contributed by atoms with Crippen LogP contribution in [0.25, 0.3) is 0 Å². The number of aromatic carboxylic acids is 1. The molecule has 0 bridgehead atoms. The third kappa shape index (κ3) is 4.66. The zero-order valence-corrected chi connectivity index (χ0v) is 16.3. The van der Waals surface area contributed by atoms with E-state index in [2.05, 4.69) is 0 Å². The maximum absolute atomic E-state index is 12.8. The minimum atomic E-state index is -3.97. The summed E-state index contributed by atoms with van der Waals surface area (Å²) in [6.45, 7) is 5.73. The first-order valence-corrected chi connectivity index (χ1v) is 9.74. The molecule has 1 saturated heterocycles. The number of sulfonamides is 1. The molecular formula is C16H21ClN2O6S. The van der Waals surface area contributed by atoms with Gasteiger partial charge in [-0.15, -0.1) is 0 Å². The fourth-order valence-corrected chi connectivity index (χ4v) is 4.33. The van der Waals surface area contributed by atoms with Crippen molar-refractivity contribution in [1.29, 1.82) is 0 Å². The Hall–Kier alpha value is -1.84. The molecule has 2 rings (SSSR count). The Morgan fingerprint density at radius 2 is 1.73 bits per heavy atom. The van der Waals surface area contributed by atoms with Crippen molar-refractivity contribution in [3.05, 3.63) is 28.8 Å². The normalized spacial score (nSPS) is 16.4. The molecule has 8 nitrogen and oxygen atoms in total. The van der Waals surface area contributed by atoms with Crippen LogP contribution in [0.2, 0.25) is 5.02 Å². The largest absolute Gasteiger partial charge is 0.478 e. The SMILES string of the molecule is CC(C)(C)OC(=O)N1CCN(S(=O)(=O)c2cc(C(=O)O)ccc2Cl)CC1. The molecule has 1 heterocycles. The van der Waals surface area contributed by atoms with E-state index in [9.17, 15) is 18.0 Å². The number of nitrogens with zero attached hydrogens (tertiary/aromatic N) is 2. The molecular weight excluding hydrogens is 384 g/mol. The molecule has 1 aromatic carbocycles. The standard InChI is InChI=1S/C16H21ClN2O6S/c1-16(2,3)25-15(22)18-6-8-19(9-7-18)26(23,24)13-10-11(14(20)21)4-5-12(13)17/h4-5,10H,6-9H2,1-3H3,(H,20,21). The molecule has 10 heteroatoms. The van der Waals surface area contributed by atoms with E-state index in [4.69, 9.17) is 21.4 Å². The Kier molecular flexibility index (Phi) is 5.84. The van der Waals surface area contributed by atoms with Gasteiger partial charge >= 0.3 is 12.1 Å². The van der Waals surface area contributed by atoms with E-state index in [1.807, 2.05) is 0 Å². The van der Waals surface area contributed by atoms with Gasteiger partial charge in [-0.3, -0.25) is 0 Å². The Bertz CT molecular complexity index is 811. The van der Waals surface area contributed by atoms with Crippen LogP contribution in [-0.4, -0.2) is 66.6 Å². The number of carboxylic acid groups (broad SMARTS) is 1. The highest BCUT2D eigenvalue weighted by atomic mass is 35.5. The third-order valence-electron chi connectivity index (χ3n) is 3.69. The smallest absolute Gasteiger partial charge is 0.410 e. The van der Waals surface area contributed by atoms with Crippen LogP contribution in [0.15, 0.2) is 23.1 Å². The number of carbonyl (C=O) groups excluding carboxylic acids is 1. The lowest BCUT2D eigenvalue weighted by molar-refractivity contribution is 0.0192. The van der Waals surface area contributed by atoms with Gasteiger partial charge in [0.25, 0.3) is 0 Å². The van der Waals surface area contributed by atoms with Crippen molar-refractivity contribution in [3.8, 4) is 0 Å². The van der Waals surface area contributed by atoms with Gasteiger partial charge in [0.05, 0.1) is 10.6 Å². The number of halogens is 1. The highest BCUT2D eigenvalue weighted by Crippen LogP contribution is 2.27. The van der Waals surface area contributed by atoms with Gasteiger partial charge in [-0.05, 0) is 39.0 Å². The second-order valence-corrected chi connectivity index (χ2v) is 9.14. The van der Waals surface area contributed by atoms with Gasteiger partial charge in [0.1, 0.15) is 10.5 Å². The number of ether oxygens (including phenoxy) is 1. The van der Waals surface area contributed by atoms with E-state index in [0.29, 0.717) is 0 Å². The second-order valence-electron chi connectivity index (χ2n) is 6.82. The number of amides is 1. The molecule has 1 fully saturated rings. The van der Waals surface area contributed by atoms with E-state index in [0.717, 1.165) is 6.07 Å². The van der Waals surface area contributed by atoms with Crippen LogP contribution in [0, 0.1) is 0 Å². The van der Waals surface area contributed by atoms with Crippen molar-refractivity contribution in [3.63, 3.8) is 0 Å². The topological polar surface area (TPSA) is 104 Å². The summed E-state index contributed by atoms with van der Waals surface area (Å²) in [7, 11) is -3.97. The zero-order chi connectivity index (χ0) is 19.7. The lowest BCUT2D eigenvalue weighted by Gasteiger charge is -2.35. The fourth-order valence-electron chi connectivity index (χ4n) is 2.41. The molecule has 26 heavy (non-hydrogen) atoms. The molecule has 144 valence electrons. The average Bonchev–Trinajstić information content (AvgIpc) is 2.53. The van der Waals surface area contributed by atoms with Crippen LogP contribution in [0.3, 0.4) is 0 Å². The Balaban J connectivity index is 2.15. The minimum absolute atomic E-state index is 0.0513. The van der Waals surface area contributed by atoms with Crippen LogP contribution in [0.1, 0.15) is 31.1 Å². The summed E-state index contributed by atoms with van der Waals surface area (Å²) < 4.78 is 32.1. The number of benzene rings is 1. The third-order valence-corrected chi connectivity index (χ3v) is 6.07. The fraction of sp³-hybridized carbons (Fsp3) is 0.500. The van der Waals surface area contributed by atoms with Gasteiger partial charge in [0, 0.05) is 26.2 Å². The summed E-state index contributed by atoms with van der Waals surface area (Å²) in [5.41, 5.74) is -0.800. The van der Waals surface area contributed by atoms with Crippen molar-refractivity contribution in [2.24, 2.45) is 0 Å². The maximum atomic E-state index is 12.8. The minimum Gasteiger partial charge on any atom is -0.478 e. The molecule has 0 saturated carbocycles. The summed E-state index contributed by atoms with van der Waals surface area (Å²) >= 11 is 5.97. The highest BCUT2D eigenvalue weighted by molar-refractivity contribution is 7.89. The Morgan fingerprint density at radius 1 is 1.15 bits per heavy atom. The first-order chi connectivity index (χ1) is 11.9. The van der Waals surface area contributed by atoms with Crippen molar-refractivity contribution >= 4 is 33.7 Å². The highest BCUT2D eigenvalue weighted by Gasteiger charge is 2.33. The molecule has 1 amide bonds. The average molecular weight is 405 g/mol. The molecule has 0 atom stereocenters. The van der Waals surface area contributed by atoms with Gasteiger partial charge in [0.15, 0.2) is 0 Å². The summed E-state index contributed by atoms with van der Waals surface area (Å²) in [4.78, 5) is 24.3.